The number of anilines is 1. The summed E-state index contributed by atoms with van der Waals surface area (Å²) in [7, 11) is -3.76. The van der Waals surface area contributed by atoms with E-state index in [-0.39, 0.29) is 35.5 Å². The van der Waals surface area contributed by atoms with Crippen LogP contribution in [0.15, 0.2) is 45.9 Å². The smallest absolute Gasteiger partial charge is 0.244 e. The summed E-state index contributed by atoms with van der Waals surface area (Å²) in [5, 5.41) is 5.72. The van der Waals surface area contributed by atoms with Crippen molar-refractivity contribution in [1.82, 2.24) is 9.62 Å². The van der Waals surface area contributed by atoms with Crippen LogP contribution in [0.5, 0.6) is 0 Å². The number of hydrogen-bond acceptors (Lipinski definition) is 6. The van der Waals surface area contributed by atoms with Crippen molar-refractivity contribution in [2.24, 2.45) is 0 Å². The summed E-state index contributed by atoms with van der Waals surface area (Å²) in [5.41, 5.74) is 0.357. The molecule has 10 heteroatoms. The minimum absolute atomic E-state index is 0.0348. The van der Waals surface area contributed by atoms with Crippen molar-refractivity contribution in [3.05, 3.63) is 47.4 Å². The molecule has 0 aliphatic carbocycles. The zero-order valence-corrected chi connectivity index (χ0v) is 16.1. The minimum Gasteiger partial charge on any atom is -0.468 e. The Morgan fingerprint density at radius 3 is 2.70 bits per heavy atom. The Morgan fingerprint density at radius 2 is 2.00 bits per heavy atom. The maximum absolute atomic E-state index is 12.8. The molecule has 0 unspecified atom stereocenters. The van der Waals surface area contributed by atoms with Gasteiger partial charge in [-0.2, -0.15) is 4.31 Å². The van der Waals surface area contributed by atoms with Crippen LogP contribution in [0.3, 0.4) is 0 Å². The normalized spacial score (nSPS) is 15.6. The lowest BCUT2D eigenvalue weighted by Crippen LogP contribution is -2.40. The third kappa shape index (κ3) is 5.08. The topological polar surface area (TPSA) is 101 Å². The first-order valence-corrected chi connectivity index (χ1v) is 10.2. The third-order valence-electron chi connectivity index (χ3n) is 3.97. The molecule has 2 N–H and O–H groups in total. The fourth-order valence-electron chi connectivity index (χ4n) is 2.62. The molecule has 1 saturated heterocycles. The van der Waals surface area contributed by atoms with E-state index in [1.165, 1.54) is 16.4 Å². The van der Waals surface area contributed by atoms with Crippen LogP contribution in [0.4, 0.5) is 5.69 Å². The van der Waals surface area contributed by atoms with Gasteiger partial charge in [-0.25, -0.2) is 8.42 Å². The van der Waals surface area contributed by atoms with Crippen molar-refractivity contribution in [3.8, 4) is 0 Å². The SMILES string of the molecule is O=C(CNCc1ccco1)Nc1ccc(Cl)c(S(=O)(=O)N2CCOCC2)c1. The van der Waals surface area contributed by atoms with Crippen molar-refractivity contribution >= 4 is 33.2 Å². The largest absolute Gasteiger partial charge is 0.468 e. The zero-order valence-electron chi connectivity index (χ0n) is 14.5. The summed E-state index contributed by atoms with van der Waals surface area (Å²) < 4.78 is 37.3. The van der Waals surface area contributed by atoms with Crippen LogP contribution < -0.4 is 10.6 Å². The molecule has 3 rings (SSSR count). The van der Waals surface area contributed by atoms with E-state index in [0.29, 0.717) is 31.2 Å². The minimum atomic E-state index is -3.76. The molecule has 1 aliphatic rings. The van der Waals surface area contributed by atoms with Crippen LogP contribution >= 0.6 is 11.6 Å². The molecule has 0 spiro atoms. The summed E-state index contributed by atoms with van der Waals surface area (Å²) in [5.74, 6) is 0.409. The molecular formula is C17H20ClN3O5S. The predicted molar refractivity (Wildman–Crippen MR) is 100 cm³/mol. The Morgan fingerprint density at radius 1 is 1.22 bits per heavy atom. The second-order valence-electron chi connectivity index (χ2n) is 5.89. The molecule has 1 amide bonds. The van der Waals surface area contributed by atoms with E-state index in [4.69, 9.17) is 20.8 Å². The number of amides is 1. The lowest BCUT2D eigenvalue weighted by Gasteiger charge is -2.26. The number of halogens is 1. The highest BCUT2D eigenvalue weighted by Gasteiger charge is 2.28. The lowest BCUT2D eigenvalue weighted by atomic mass is 10.3. The Balaban J connectivity index is 1.64. The van der Waals surface area contributed by atoms with Gasteiger partial charge in [0.15, 0.2) is 0 Å². The molecule has 146 valence electrons. The number of hydrogen-bond donors (Lipinski definition) is 2. The monoisotopic (exact) mass is 413 g/mol. The number of rotatable bonds is 7. The van der Waals surface area contributed by atoms with Gasteiger partial charge in [-0.1, -0.05) is 11.6 Å². The van der Waals surface area contributed by atoms with Crippen LogP contribution in [0.1, 0.15) is 5.76 Å². The summed E-state index contributed by atoms with van der Waals surface area (Å²) in [4.78, 5) is 12.0. The third-order valence-corrected chi connectivity index (χ3v) is 6.35. The highest BCUT2D eigenvalue weighted by atomic mass is 35.5. The standard InChI is InChI=1S/C17H20ClN3O5S/c18-15-4-3-13(20-17(22)12-19-11-14-2-1-7-26-14)10-16(15)27(23,24)21-5-8-25-9-6-21/h1-4,7,10,19H,5-6,8-9,11-12H2,(H,20,22). The average molecular weight is 414 g/mol. The van der Waals surface area contributed by atoms with Crippen molar-refractivity contribution < 1.29 is 22.4 Å². The van der Waals surface area contributed by atoms with Gasteiger partial charge in [0.05, 0.1) is 37.6 Å². The van der Waals surface area contributed by atoms with Gasteiger partial charge < -0.3 is 19.8 Å². The fourth-order valence-corrected chi connectivity index (χ4v) is 4.53. The molecule has 1 aromatic carbocycles. The van der Waals surface area contributed by atoms with Crippen LogP contribution in [0.2, 0.25) is 5.02 Å². The highest BCUT2D eigenvalue weighted by Crippen LogP contribution is 2.28. The van der Waals surface area contributed by atoms with E-state index in [9.17, 15) is 13.2 Å². The van der Waals surface area contributed by atoms with Gasteiger partial charge in [0.25, 0.3) is 0 Å². The van der Waals surface area contributed by atoms with Gasteiger partial charge in [-0.15, -0.1) is 0 Å². The second-order valence-corrected chi connectivity index (χ2v) is 8.21. The molecular weight excluding hydrogens is 394 g/mol. The molecule has 0 atom stereocenters. The van der Waals surface area contributed by atoms with Gasteiger partial charge in [-0.3, -0.25) is 4.79 Å². The number of carbonyl (C=O) groups excluding carboxylic acids is 1. The van der Waals surface area contributed by atoms with Gasteiger partial charge in [0.1, 0.15) is 10.7 Å². The van der Waals surface area contributed by atoms with Gasteiger partial charge in [0, 0.05) is 18.8 Å². The maximum Gasteiger partial charge on any atom is 0.244 e. The number of furan rings is 1. The predicted octanol–water partition coefficient (Wildman–Crippen LogP) is 1.68. The van der Waals surface area contributed by atoms with Crippen molar-refractivity contribution in [3.63, 3.8) is 0 Å². The number of morpholine rings is 1. The Kier molecular flexibility index (Phi) is 6.51. The maximum atomic E-state index is 12.8. The lowest BCUT2D eigenvalue weighted by molar-refractivity contribution is -0.115. The molecule has 1 fully saturated rings. The molecule has 1 aromatic heterocycles. The molecule has 0 saturated carbocycles. The van der Waals surface area contributed by atoms with E-state index in [0.717, 1.165) is 0 Å². The Labute approximate surface area is 162 Å². The summed E-state index contributed by atoms with van der Waals surface area (Å²) >= 11 is 6.10. The first-order valence-electron chi connectivity index (χ1n) is 8.37. The average Bonchev–Trinajstić information content (AvgIpc) is 3.17. The number of ether oxygens (including phenoxy) is 1. The summed E-state index contributed by atoms with van der Waals surface area (Å²) in [6.07, 6.45) is 1.56. The molecule has 8 nitrogen and oxygen atoms in total. The molecule has 27 heavy (non-hydrogen) atoms. The number of carbonyl (C=O) groups is 1. The van der Waals surface area contributed by atoms with Crippen molar-refractivity contribution in [2.75, 3.05) is 38.2 Å². The van der Waals surface area contributed by atoms with Gasteiger partial charge >= 0.3 is 0 Å². The zero-order chi connectivity index (χ0) is 19.3. The first kappa shape index (κ1) is 19.8. The molecule has 2 aromatic rings. The second kappa shape index (κ2) is 8.85. The van der Waals surface area contributed by atoms with Crippen LogP contribution in [0, 0.1) is 0 Å². The van der Waals surface area contributed by atoms with E-state index in [1.54, 1.807) is 24.5 Å². The number of nitrogens with one attached hydrogen (secondary N) is 2. The number of nitrogens with zero attached hydrogens (tertiary/aromatic N) is 1. The van der Waals surface area contributed by atoms with Crippen LogP contribution in [-0.2, 0) is 26.1 Å². The summed E-state index contributed by atoms with van der Waals surface area (Å²) in [6.45, 7) is 1.69. The number of benzene rings is 1. The summed E-state index contributed by atoms with van der Waals surface area (Å²) in [6, 6.07) is 7.96. The number of sulfonamides is 1. The van der Waals surface area contributed by atoms with Gasteiger partial charge in [0.2, 0.25) is 15.9 Å². The van der Waals surface area contributed by atoms with E-state index in [2.05, 4.69) is 10.6 Å². The molecule has 0 bridgehead atoms. The van der Waals surface area contributed by atoms with E-state index < -0.39 is 10.0 Å². The van der Waals surface area contributed by atoms with E-state index in [1.807, 2.05) is 0 Å². The molecule has 1 aliphatic heterocycles. The van der Waals surface area contributed by atoms with Crippen molar-refractivity contribution in [2.45, 2.75) is 11.4 Å². The first-order chi connectivity index (χ1) is 13.0. The van der Waals surface area contributed by atoms with E-state index >= 15 is 0 Å². The van der Waals surface area contributed by atoms with Gasteiger partial charge in [-0.05, 0) is 30.3 Å². The van der Waals surface area contributed by atoms with Crippen LogP contribution in [0.25, 0.3) is 0 Å². The molecule has 0 radical (unpaired) electrons. The molecule has 2 heterocycles. The quantitative estimate of drug-likeness (QED) is 0.716. The Bertz CT molecular complexity index is 880. The fraction of sp³-hybridized carbons (Fsp3) is 0.353. The van der Waals surface area contributed by atoms with Crippen molar-refractivity contribution in [1.29, 1.82) is 0 Å². The highest BCUT2D eigenvalue weighted by molar-refractivity contribution is 7.89. The Hall–Kier alpha value is -1.91. The van der Waals surface area contributed by atoms with Crippen LogP contribution in [-0.4, -0.2) is 51.5 Å².